The highest BCUT2D eigenvalue weighted by atomic mass is 19.1. The minimum absolute atomic E-state index is 0.118. The van der Waals surface area contributed by atoms with Crippen LogP contribution in [0.2, 0.25) is 0 Å². The maximum atomic E-state index is 14.3. The van der Waals surface area contributed by atoms with Crippen LogP contribution in [0.3, 0.4) is 0 Å². The molecule has 4 rings (SSSR count). The largest absolute Gasteiger partial charge is 0.354 e. The first-order valence-electron chi connectivity index (χ1n) is 11.7. The summed E-state index contributed by atoms with van der Waals surface area (Å²) in [5.41, 5.74) is 2.33. The Hall–Kier alpha value is -2.70. The zero-order valence-electron chi connectivity index (χ0n) is 19.5. The van der Waals surface area contributed by atoms with Crippen molar-refractivity contribution in [2.75, 3.05) is 37.0 Å². The van der Waals surface area contributed by atoms with Crippen LogP contribution in [0.15, 0.2) is 30.5 Å². The van der Waals surface area contributed by atoms with Crippen molar-refractivity contribution in [3.63, 3.8) is 0 Å². The molecule has 172 valence electrons. The number of rotatable bonds is 8. The van der Waals surface area contributed by atoms with Gasteiger partial charge in [0.1, 0.15) is 0 Å². The number of aryl methyl sites for hydroxylation is 1. The lowest BCUT2D eigenvalue weighted by Gasteiger charge is -2.20. The highest BCUT2D eigenvalue weighted by Crippen LogP contribution is 2.30. The van der Waals surface area contributed by atoms with E-state index in [-0.39, 0.29) is 17.6 Å². The molecule has 32 heavy (non-hydrogen) atoms. The molecule has 1 saturated carbocycles. The normalized spacial score (nSPS) is 23.2. The number of amides is 1. The minimum atomic E-state index is -0.360. The lowest BCUT2D eigenvalue weighted by Crippen LogP contribution is -2.30. The number of halogens is 1. The maximum Gasteiger partial charge on any atom is 0.227 e. The molecule has 1 amide bonds. The molecule has 3 unspecified atom stereocenters. The highest BCUT2D eigenvalue weighted by molar-refractivity contribution is 5.83. The zero-order chi connectivity index (χ0) is 22.8. The van der Waals surface area contributed by atoms with Gasteiger partial charge < -0.3 is 15.1 Å². The molecule has 1 aliphatic carbocycles. The van der Waals surface area contributed by atoms with E-state index in [9.17, 15) is 9.18 Å². The molecule has 1 saturated heterocycles. The van der Waals surface area contributed by atoms with Crippen LogP contribution in [-0.2, 0) is 11.2 Å². The molecule has 2 aromatic rings. The third kappa shape index (κ3) is 5.19. The molecule has 1 aliphatic heterocycles. The van der Waals surface area contributed by atoms with Crippen molar-refractivity contribution in [1.29, 1.82) is 0 Å². The Kier molecular flexibility index (Phi) is 6.63. The van der Waals surface area contributed by atoms with Crippen molar-refractivity contribution < 1.29 is 9.18 Å². The molecule has 6 nitrogen and oxygen atoms in total. The van der Waals surface area contributed by atoms with Crippen molar-refractivity contribution in [3.8, 4) is 0 Å². The van der Waals surface area contributed by atoms with Gasteiger partial charge in [-0.05, 0) is 55.6 Å². The summed E-state index contributed by atoms with van der Waals surface area (Å²) in [5, 5.41) is 3.13. The number of benzene rings is 1. The Labute approximate surface area is 190 Å². The minimum Gasteiger partial charge on any atom is -0.354 e. The molecular weight excluding hydrogens is 405 g/mol. The summed E-state index contributed by atoms with van der Waals surface area (Å²) in [4.78, 5) is 24.7. The van der Waals surface area contributed by atoms with Gasteiger partial charge >= 0.3 is 0 Å². The molecule has 1 N–H and O–H groups in total. The molecule has 0 spiro atoms. The molecule has 2 aliphatic rings. The van der Waals surface area contributed by atoms with Gasteiger partial charge in [-0.25, -0.2) is 9.37 Å². The first kappa shape index (κ1) is 22.5. The van der Waals surface area contributed by atoms with Crippen LogP contribution in [0.4, 0.5) is 16.2 Å². The van der Waals surface area contributed by atoms with Crippen LogP contribution in [0, 0.1) is 17.7 Å². The van der Waals surface area contributed by atoms with E-state index in [1.165, 1.54) is 11.8 Å². The predicted molar refractivity (Wildman–Crippen MR) is 126 cm³/mol. The van der Waals surface area contributed by atoms with Gasteiger partial charge in [0, 0.05) is 33.2 Å². The van der Waals surface area contributed by atoms with E-state index < -0.39 is 0 Å². The molecule has 0 bridgehead atoms. The van der Waals surface area contributed by atoms with Crippen LogP contribution >= 0.6 is 0 Å². The summed E-state index contributed by atoms with van der Waals surface area (Å²) < 4.78 is 14.3. The smallest absolute Gasteiger partial charge is 0.227 e. The van der Waals surface area contributed by atoms with E-state index in [1.807, 2.05) is 25.9 Å². The third-order valence-electron chi connectivity index (χ3n) is 6.85. The first-order chi connectivity index (χ1) is 15.3. The Morgan fingerprint density at radius 3 is 2.69 bits per heavy atom. The van der Waals surface area contributed by atoms with Crippen molar-refractivity contribution in [2.24, 2.45) is 11.8 Å². The highest BCUT2D eigenvalue weighted by Gasteiger charge is 2.35. The average Bonchev–Trinajstić information content (AvgIpc) is 3.27. The Balaban J connectivity index is 1.28. The van der Waals surface area contributed by atoms with E-state index >= 15 is 0 Å². The molecule has 7 heteroatoms. The first-order valence-corrected chi connectivity index (χ1v) is 11.7. The number of carbonyl (C=O) groups is 1. The van der Waals surface area contributed by atoms with E-state index in [2.05, 4.69) is 46.5 Å². The predicted octanol–water partition coefficient (Wildman–Crippen LogP) is 3.77. The molecule has 4 atom stereocenters. The van der Waals surface area contributed by atoms with Gasteiger partial charge in [0.15, 0.2) is 11.6 Å². The SMILES string of the molecule is CC(C(=O)NC1CC1C)c1ccc(CC[C@@H]2CCN(c3nc(N(C)C)ncc3F)C2)cc1. The average molecular weight is 440 g/mol. The number of nitrogens with zero attached hydrogens (tertiary/aromatic N) is 4. The number of nitrogens with one attached hydrogen (secondary N) is 1. The fourth-order valence-electron chi connectivity index (χ4n) is 4.37. The second-order valence-corrected chi connectivity index (χ2v) is 9.67. The summed E-state index contributed by atoms with van der Waals surface area (Å²) in [6.45, 7) is 5.77. The number of hydrogen-bond donors (Lipinski definition) is 1. The van der Waals surface area contributed by atoms with Crippen molar-refractivity contribution in [2.45, 2.75) is 51.5 Å². The number of anilines is 2. The van der Waals surface area contributed by atoms with Crippen LogP contribution in [-0.4, -0.2) is 49.1 Å². The topological polar surface area (TPSA) is 61.4 Å². The molecule has 1 aromatic carbocycles. The van der Waals surface area contributed by atoms with E-state index in [0.29, 0.717) is 29.6 Å². The number of aromatic nitrogens is 2. The van der Waals surface area contributed by atoms with Crippen LogP contribution in [0.5, 0.6) is 0 Å². The molecule has 0 radical (unpaired) electrons. The lowest BCUT2D eigenvalue weighted by atomic mass is 9.95. The second-order valence-electron chi connectivity index (χ2n) is 9.67. The maximum absolute atomic E-state index is 14.3. The number of hydrogen-bond acceptors (Lipinski definition) is 5. The van der Waals surface area contributed by atoms with Gasteiger partial charge in [0.05, 0.1) is 12.1 Å². The summed E-state index contributed by atoms with van der Waals surface area (Å²) in [6.07, 6.45) is 5.43. The molecule has 2 fully saturated rings. The quantitative estimate of drug-likeness (QED) is 0.679. The Morgan fingerprint density at radius 1 is 1.31 bits per heavy atom. The van der Waals surface area contributed by atoms with Crippen LogP contribution in [0.1, 0.15) is 50.2 Å². The molecular formula is C25H34FN5O. The standard InChI is InChI=1S/C25H34FN5O/c1-16-13-22(16)28-24(32)17(2)20-9-7-18(8-10-20)5-6-19-11-12-31(15-19)23-21(26)14-27-25(29-23)30(3)4/h7-10,14,16-17,19,22H,5-6,11-13,15H2,1-4H3,(H,28,32)/t16?,17?,19-,22?/m1/s1. The monoisotopic (exact) mass is 439 g/mol. The fraction of sp³-hybridized carbons (Fsp3) is 0.560. The summed E-state index contributed by atoms with van der Waals surface area (Å²) in [6, 6.07) is 8.80. The van der Waals surface area contributed by atoms with E-state index in [4.69, 9.17) is 0 Å². The van der Waals surface area contributed by atoms with Gasteiger partial charge in [-0.3, -0.25) is 4.79 Å². The van der Waals surface area contributed by atoms with E-state index in [1.54, 1.807) is 4.90 Å². The third-order valence-corrected chi connectivity index (χ3v) is 6.85. The van der Waals surface area contributed by atoms with Gasteiger partial charge in [0.2, 0.25) is 11.9 Å². The van der Waals surface area contributed by atoms with E-state index in [0.717, 1.165) is 44.3 Å². The van der Waals surface area contributed by atoms with Gasteiger partial charge in [-0.1, -0.05) is 31.2 Å². The number of carbonyl (C=O) groups excluding carboxylic acids is 1. The fourth-order valence-corrected chi connectivity index (χ4v) is 4.37. The van der Waals surface area contributed by atoms with Crippen molar-refractivity contribution in [3.05, 3.63) is 47.4 Å². The zero-order valence-corrected chi connectivity index (χ0v) is 19.5. The molecule has 1 aromatic heterocycles. The van der Waals surface area contributed by atoms with Gasteiger partial charge in [-0.15, -0.1) is 0 Å². The Morgan fingerprint density at radius 2 is 2.03 bits per heavy atom. The lowest BCUT2D eigenvalue weighted by molar-refractivity contribution is -0.122. The van der Waals surface area contributed by atoms with Crippen molar-refractivity contribution in [1.82, 2.24) is 15.3 Å². The van der Waals surface area contributed by atoms with Crippen molar-refractivity contribution >= 4 is 17.7 Å². The van der Waals surface area contributed by atoms with Gasteiger partial charge in [-0.2, -0.15) is 4.98 Å². The second kappa shape index (κ2) is 9.43. The molecule has 2 heterocycles. The Bertz CT molecular complexity index is 948. The summed E-state index contributed by atoms with van der Waals surface area (Å²) in [7, 11) is 3.71. The van der Waals surface area contributed by atoms with Crippen LogP contribution < -0.4 is 15.1 Å². The summed E-state index contributed by atoms with van der Waals surface area (Å²) >= 11 is 0. The van der Waals surface area contributed by atoms with Gasteiger partial charge in [0.25, 0.3) is 0 Å². The summed E-state index contributed by atoms with van der Waals surface area (Å²) in [5.74, 6) is 1.68. The van der Waals surface area contributed by atoms with Crippen LogP contribution in [0.25, 0.3) is 0 Å².